The minimum absolute atomic E-state index is 0.125. The molecule has 0 radical (unpaired) electrons. The summed E-state index contributed by atoms with van der Waals surface area (Å²) >= 11 is 0. The molecule has 0 aromatic heterocycles. The smallest absolute Gasteiger partial charge is 0.416 e. The summed E-state index contributed by atoms with van der Waals surface area (Å²) in [6, 6.07) is 5.12. The van der Waals surface area contributed by atoms with E-state index in [0.717, 1.165) is 18.6 Å². The summed E-state index contributed by atoms with van der Waals surface area (Å²) in [6.07, 6.45) is -3.97. The van der Waals surface area contributed by atoms with Gasteiger partial charge in [-0.1, -0.05) is 6.07 Å². The first-order valence-corrected chi connectivity index (χ1v) is 6.58. The molecule has 3 nitrogen and oxygen atoms in total. The van der Waals surface area contributed by atoms with E-state index in [1.54, 1.807) is 0 Å². The van der Waals surface area contributed by atoms with Crippen molar-refractivity contribution in [1.82, 2.24) is 5.32 Å². The van der Waals surface area contributed by atoms with Crippen LogP contribution in [-0.2, 0) is 10.9 Å². The molecule has 1 aromatic carbocycles. The molecule has 3 atom stereocenters. The van der Waals surface area contributed by atoms with E-state index in [0.29, 0.717) is 6.61 Å². The van der Waals surface area contributed by atoms with Crippen LogP contribution in [0.5, 0.6) is 5.75 Å². The molecule has 112 valence electrons. The zero-order valence-electron chi connectivity index (χ0n) is 11.4. The van der Waals surface area contributed by atoms with Crippen molar-refractivity contribution in [2.75, 3.05) is 13.7 Å². The molecule has 6 heteroatoms. The van der Waals surface area contributed by atoms with Crippen LogP contribution in [0.25, 0.3) is 0 Å². The lowest BCUT2D eigenvalue weighted by atomic mass is 9.85. The minimum atomic E-state index is -4.36. The Hall–Kier alpha value is -1.27. The second-order valence-corrected chi connectivity index (χ2v) is 4.73. The topological polar surface area (TPSA) is 30.5 Å². The summed E-state index contributed by atoms with van der Waals surface area (Å²) in [5, 5.41) is 3.10. The molecular weight excluding hydrogens is 271 g/mol. The first-order chi connectivity index (χ1) is 9.45. The Morgan fingerprint density at radius 1 is 1.35 bits per heavy atom. The number of likely N-dealkylation sites (N-methyl/N-ethyl adjacent to an activating group) is 1. The molecule has 1 fully saturated rings. The molecule has 0 saturated heterocycles. The first kappa shape index (κ1) is 15.1. The number of alkyl halides is 3. The van der Waals surface area contributed by atoms with Crippen LogP contribution in [-0.4, -0.2) is 31.9 Å². The summed E-state index contributed by atoms with van der Waals surface area (Å²) < 4.78 is 49.0. The maximum Gasteiger partial charge on any atom is 0.416 e. The summed E-state index contributed by atoms with van der Waals surface area (Å²) in [5.41, 5.74) is -0.701. The third-order valence-electron chi connectivity index (χ3n) is 3.43. The zero-order valence-corrected chi connectivity index (χ0v) is 11.4. The second-order valence-electron chi connectivity index (χ2n) is 4.73. The van der Waals surface area contributed by atoms with Crippen molar-refractivity contribution in [1.29, 1.82) is 0 Å². The van der Waals surface area contributed by atoms with Crippen LogP contribution in [0.2, 0.25) is 0 Å². The van der Waals surface area contributed by atoms with E-state index < -0.39 is 11.7 Å². The molecule has 2 rings (SSSR count). The average molecular weight is 289 g/mol. The molecule has 20 heavy (non-hydrogen) atoms. The van der Waals surface area contributed by atoms with Crippen molar-refractivity contribution in [3.05, 3.63) is 29.8 Å². The van der Waals surface area contributed by atoms with Gasteiger partial charge in [-0.3, -0.25) is 0 Å². The van der Waals surface area contributed by atoms with Gasteiger partial charge in [0.1, 0.15) is 18.0 Å². The number of halogens is 3. The van der Waals surface area contributed by atoms with Crippen LogP contribution < -0.4 is 10.1 Å². The SMILES string of the molecule is CCOC1C(NC)CC1Oc1cccc(C(F)(F)F)c1. The van der Waals surface area contributed by atoms with Gasteiger partial charge >= 0.3 is 6.18 Å². The Morgan fingerprint density at radius 3 is 2.70 bits per heavy atom. The highest BCUT2D eigenvalue weighted by atomic mass is 19.4. The van der Waals surface area contributed by atoms with Crippen molar-refractivity contribution >= 4 is 0 Å². The Bertz CT molecular complexity index is 450. The van der Waals surface area contributed by atoms with Crippen LogP contribution in [0, 0.1) is 0 Å². The van der Waals surface area contributed by atoms with E-state index >= 15 is 0 Å². The van der Waals surface area contributed by atoms with Gasteiger partial charge in [0.25, 0.3) is 0 Å². The van der Waals surface area contributed by atoms with Gasteiger partial charge in [0, 0.05) is 19.1 Å². The number of benzene rings is 1. The fourth-order valence-electron chi connectivity index (χ4n) is 2.32. The van der Waals surface area contributed by atoms with Crippen LogP contribution >= 0.6 is 0 Å². The normalized spacial score (nSPS) is 26.1. The number of rotatable bonds is 5. The largest absolute Gasteiger partial charge is 0.488 e. The Morgan fingerprint density at radius 2 is 2.10 bits per heavy atom. The van der Waals surface area contributed by atoms with E-state index in [1.807, 2.05) is 14.0 Å². The number of nitrogens with one attached hydrogen (secondary N) is 1. The molecule has 0 bridgehead atoms. The van der Waals surface area contributed by atoms with Crippen LogP contribution in [0.4, 0.5) is 13.2 Å². The molecule has 1 aliphatic rings. The number of hydrogen-bond acceptors (Lipinski definition) is 3. The Balaban J connectivity index is 2.03. The fourth-order valence-corrected chi connectivity index (χ4v) is 2.32. The highest BCUT2D eigenvalue weighted by Crippen LogP contribution is 2.33. The molecular formula is C14H18F3NO2. The summed E-state index contributed by atoms with van der Waals surface area (Å²) in [7, 11) is 1.83. The predicted octanol–water partition coefficient (Wildman–Crippen LogP) is 2.85. The summed E-state index contributed by atoms with van der Waals surface area (Å²) in [5.74, 6) is 0.226. The lowest BCUT2D eigenvalue weighted by Gasteiger charge is -2.43. The maximum atomic E-state index is 12.6. The molecule has 1 N–H and O–H groups in total. The fraction of sp³-hybridized carbons (Fsp3) is 0.571. The third-order valence-corrected chi connectivity index (χ3v) is 3.43. The van der Waals surface area contributed by atoms with Gasteiger partial charge in [0.15, 0.2) is 0 Å². The molecule has 0 heterocycles. The monoisotopic (exact) mass is 289 g/mol. The van der Waals surface area contributed by atoms with E-state index in [2.05, 4.69) is 5.32 Å². The van der Waals surface area contributed by atoms with E-state index in [1.165, 1.54) is 12.1 Å². The summed E-state index contributed by atoms with van der Waals surface area (Å²) in [4.78, 5) is 0. The average Bonchev–Trinajstić information content (AvgIpc) is 2.40. The van der Waals surface area contributed by atoms with Gasteiger partial charge in [-0.15, -0.1) is 0 Å². The van der Waals surface area contributed by atoms with E-state index in [-0.39, 0.29) is 24.0 Å². The highest BCUT2D eigenvalue weighted by molar-refractivity contribution is 5.30. The molecule has 0 amide bonds. The third kappa shape index (κ3) is 3.24. The Labute approximate surface area is 116 Å². The van der Waals surface area contributed by atoms with Gasteiger partial charge in [0.05, 0.1) is 5.56 Å². The second kappa shape index (κ2) is 6.01. The minimum Gasteiger partial charge on any atom is -0.488 e. The van der Waals surface area contributed by atoms with Crippen molar-refractivity contribution in [3.8, 4) is 5.75 Å². The standard InChI is InChI=1S/C14H18F3NO2/c1-3-19-13-11(18-2)8-12(13)20-10-6-4-5-9(7-10)14(15,16)17/h4-7,11-13,18H,3,8H2,1-2H3. The highest BCUT2D eigenvalue weighted by Gasteiger charge is 2.43. The number of hydrogen-bond donors (Lipinski definition) is 1. The van der Waals surface area contributed by atoms with Crippen molar-refractivity contribution in [3.63, 3.8) is 0 Å². The molecule has 0 aliphatic heterocycles. The van der Waals surface area contributed by atoms with Gasteiger partial charge in [0.2, 0.25) is 0 Å². The summed E-state index contributed by atoms with van der Waals surface area (Å²) in [6.45, 7) is 2.43. The molecule has 3 unspecified atom stereocenters. The number of ether oxygens (including phenoxy) is 2. The molecule has 0 spiro atoms. The van der Waals surface area contributed by atoms with Crippen LogP contribution in [0.1, 0.15) is 18.9 Å². The molecule has 1 aromatic rings. The zero-order chi connectivity index (χ0) is 14.8. The van der Waals surface area contributed by atoms with Crippen LogP contribution in [0.3, 0.4) is 0 Å². The van der Waals surface area contributed by atoms with Crippen molar-refractivity contribution in [2.24, 2.45) is 0 Å². The van der Waals surface area contributed by atoms with Gasteiger partial charge < -0.3 is 14.8 Å². The van der Waals surface area contributed by atoms with Gasteiger partial charge in [-0.05, 0) is 32.2 Å². The quantitative estimate of drug-likeness (QED) is 0.904. The van der Waals surface area contributed by atoms with E-state index in [4.69, 9.17) is 9.47 Å². The lowest BCUT2D eigenvalue weighted by molar-refractivity contribution is -0.138. The lowest BCUT2D eigenvalue weighted by Crippen LogP contribution is -2.60. The first-order valence-electron chi connectivity index (χ1n) is 6.58. The van der Waals surface area contributed by atoms with Gasteiger partial charge in [-0.2, -0.15) is 13.2 Å². The van der Waals surface area contributed by atoms with Crippen molar-refractivity contribution in [2.45, 2.75) is 37.8 Å². The predicted molar refractivity (Wildman–Crippen MR) is 68.7 cm³/mol. The molecule has 1 saturated carbocycles. The maximum absolute atomic E-state index is 12.6. The van der Waals surface area contributed by atoms with Crippen LogP contribution in [0.15, 0.2) is 24.3 Å². The van der Waals surface area contributed by atoms with E-state index in [9.17, 15) is 13.2 Å². The van der Waals surface area contributed by atoms with Crippen molar-refractivity contribution < 1.29 is 22.6 Å². The van der Waals surface area contributed by atoms with Gasteiger partial charge in [-0.25, -0.2) is 0 Å². The molecule has 1 aliphatic carbocycles. The Kier molecular flexibility index (Phi) is 4.55.